The van der Waals surface area contributed by atoms with E-state index in [9.17, 15) is 0 Å². The maximum atomic E-state index is 8.90. The number of hydrogen-bond acceptors (Lipinski definition) is 4. The quantitative estimate of drug-likeness (QED) is 0.326. The van der Waals surface area contributed by atoms with Crippen LogP contribution in [0.3, 0.4) is 0 Å². The number of aryl methyl sites for hydroxylation is 1. The third-order valence-electron chi connectivity index (χ3n) is 3.12. The summed E-state index contributed by atoms with van der Waals surface area (Å²) >= 11 is 0. The van der Waals surface area contributed by atoms with Crippen molar-refractivity contribution in [1.82, 2.24) is 5.32 Å². The van der Waals surface area contributed by atoms with E-state index < -0.39 is 0 Å². The van der Waals surface area contributed by atoms with Gasteiger partial charge in [0.25, 0.3) is 0 Å². The Labute approximate surface area is 118 Å². The molecule has 106 valence electrons. The highest BCUT2D eigenvalue weighted by Gasteiger charge is 2.16. The molecule has 4 N–H and O–H groups in total. The van der Waals surface area contributed by atoms with Gasteiger partial charge in [-0.1, -0.05) is 35.5 Å². The molecule has 0 amide bonds. The summed E-state index contributed by atoms with van der Waals surface area (Å²) in [6.07, 6.45) is 0. The molecule has 0 fully saturated rings. The minimum Gasteiger partial charge on any atom is -0.465 e. The van der Waals surface area contributed by atoms with E-state index in [0.29, 0.717) is 13.1 Å². The van der Waals surface area contributed by atoms with Crippen LogP contribution in [-0.2, 0) is 6.54 Å². The first-order chi connectivity index (χ1) is 9.70. The summed E-state index contributed by atoms with van der Waals surface area (Å²) in [4.78, 5) is 0. The van der Waals surface area contributed by atoms with E-state index in [1.54, 1.807) is 0 Å². The van der Waals surface area contributed by atoms with Crippen LogP contribution in [0.2, 0.25) is 0 Å². The largest absolute Gasteiger partial charge is 0.465 e. The molecule has 0 saturated heterocycles. The summed E-state index contributed by atoms with van der Waals surface area (Å²) in [5.74, 6) is 1.78. The Morgan fingerprint density at radius 2 is 2.05 bits per heavy atom. The maximum Gasteiger partial charge on any atom is 0.147 e. The van der Waals surface area contributed by atoms with Crippen LogP contribution < -0.4 is 11.1 Å². The first-order valence-electron chi connectivity index (χ1n) is 6.49. The van der Waals surface area contributed by atoms with Crippen molar-refractivity contribution in [2.24, 2.45) is 10.9 Å². The van der Waals surface area contributed by atoms with Gasteiger partial charge in [-0.3, -0.25) is 0 Å². The predicted molar refractivity (Wildman–Crippen MR) is 77.7 cm³/mol. The highest BCUT2D eigenvalue weighted by atomic mass is 16.4. The van der Waals surface area contributed by atoms with Crippen LogP contribution in [0.25, 0.3) is 0 Å². The summed E-state index contributed by atoms with van der Waals surface area (Å²) in [5.41, 5.74) is 6.77. The van der Waals surface area contributed by atoms with Crippen molar-refractivity contribution >= 4 is 5.84 Å². The van der Waals surface area contributed by atoms with Gasteiger partial charge in [0.15, 0.2) is 0 Å². The summed E-state index contributed by atoms with van der Waals surface area (Å²) in [7, 11) is 0. The van der Waals surface area contributed by atoms with Crippen LogP contribution in [0.5, 0.6) is 0 Å². The third kappa shape index (κ3) is 3.61. The standard InChI is InChI=1S/C15H19N3O2/c1-11-7-8-13(20-11)9-17-10-14(15(16)18-19)12-5-3-2-4-6-12/h2-8,14,17,19H,9-10H2,1H3,(H2,16,18). The average Bonchev–Trinajstić information content (AvgIpc) is 2.89. The van der Waals surface area contributed by atoms with Crippen molar-refractivity contribution in [3.63, 3.8) is 0 Å². The third-order valence-corrected chi connectivity index (χ3v) is 3.12. The second-order valence-electron chi connectivity index (χ2n) is 4.63. The molecule has 1 aromatic heterocycles. The number of furan rings is 1. The smallest absolute Gasteiger partial charge is 0.147 e. The van der Waals surface area contributed by atoms with Crippen molar-refractivity contribution < 1.29 is 9.62 Å². The molecule has 5 heteroatoms. The van der Waals surface area contributed by atoms with E-state index >= 15 is 0 Å². The Morgan fingerprint density at radius 3 is 2.65 bits per heavy atom. The molecule has 1 aromatic carbocycles. The van der Waals surface area contributed by atoms with Crippen LogP contribution in [0.15, 0.2) is 52.0 Å². The van der Waals surface area contributed by atoms with Gasteiger partial charge < -0.3 is 20.7 Å². The zero-order chi connectivity index (χ0) is 14.4. The zero-order valence-corrected chi connectivity index (χ0v) is 11.4. The van der Waals surface area contributed by atoms with Gasteiger partial charge in [0, 0.05) is 6.54 Å². The number of nitrogens with two attached hydrogens (primary N) is 1. The lowest BCUT2D eigenvalue weighted by atomic mass is 9.98. The SMILES string of the molecule is Cc1ccc(CNCC(C(N)=NO)c2ccccc2)o1. The van der Waals surface area contributed by atoms with Crippen molar-refractivity contribution in [2.75, 3.05) is 6.54 Å². The highest BCUT2D eigenvalue weighted by Crippen LogP contribution is 2.15. The minimum atomic E-state index is -0.169. The lowest BCUT2D eigenvalue weighted by Gasteiger charge is -2.16. The fourth-order valence-electron chi connectivity index (χ4n) is 2.07. The second-order valence-corrected chi connectivity index (χ2v) is 4.63. The van der Waals surface area contributed by atoms with Gasteiger partial charge >= 0.3 is 0 Å². The second kappa shape index (κ2) is 6.77. The summed E-state index contributed by atoms with van der Waals surface area (Å²) in [6.45, 7) is 3.09. The summed E-state index contributed by atoms with van der Waals surface area (Å²) in [5, 5.41) is 15.3. The Kier molecular flexibility index (Phi) is 4.79. The molecule has 0 radical (unpaired) electrons. The number of nitrogens with zero attached hydrogens (tertiary/aromatic N) is 1. The van der Waals surface area contributed by atoms with Crippen molar-refractivity contribution in [2.45, 2.75) is 19.4 Å². The van der Waals surface area contributed by atoms with E-state index in [-0.39, 0.29) is 11.8 Å². The molecule has 0 bridgehead atoms. The van der Waals surface area contributed by atoms with Gasteiger partial charge in [-0.15, -0.1) is 0 Å². The fraction of sp³-hybridized carbons (Fsp3) is 0.267. The van der Waals surface area contributed by atoms with Crippen molar-refractivity contribution in [3.05, 3.63) is 59.5 Å². The van der Waals surface area contributed by atoms with Gasteiger partial charge in [0.05, 0.1) is 12.5 Å². The molecular weight excluding hydrogens is 254 g/mol. The summed E-state index contributed by atoms with van der Waals surface area (Å²) in [6, 6.07) is 13.6. The molecule has 1 unspecified atom stereocenters. The molecule has 2 rings (SSSR count). The zero-order valence-electron chi connectivity index (χ0n) is 11.4. The lowest BCUT2D eigenvalue weighted by Crippen LogP contribution is -2.31. The minimum absolute atomic E-state index is 0.169. The van der Waals surface area contributed by atoms with Gasteiger partial charge in [-0.25, -0.2) is 0 Å². The Balaban J connectivity index is 1.98. The maximum absolute atomic E-state index is 8.90. The van der Waals surface area contributed by atoms with Crippen LogP contribution in [0.1, 0.15) is 23.0 Å². The number of amidine groups is 1. The van der Waals surface area contributed by atoms with Crippen molar-refractivity contribution in [3.8, 4) is 0 Å². The van der Waals surface area contributed by atoms with Gasteiger partial charge in [0.2, 0.25) is 0 Å². The number of nitrogens with one attached hydrogen (secondary N) is 1. The summed E-state index contributed by atoms with van der Waals surface area (Å²) < 4.78 is 5.48. The monoisotopic (exact) mass is 273 g/mol. The van der Waals surface area contributed by atoms with E-state index in [1.165, 1.54) is 0 Å². The Hall–Kier alpha value is -2.27. The molecule has 20 heavy (non-hydrogen) atoms. The first-order valence-corrected chi connectivity index (χ1v) is 6.49. The normalized spacial score (nSPS) is 13.3. The van der Waals surface area contributed by atoms with E-state index in [2.05, 4.69) is 10.5 Å². The van der Waals surface area contributed by atoms with Gasteiger partial charge in [-0.2, -0.15) is 0 Å². The van der Waals surface area contributed by atoms with E-state index in [1.807, 2.05) is 49.4 Å². The van der Waals surface area contributed by atoms with Gasteiger partial charge in [0.1, 0.15) is 17.4 Å². The molecule has 0 aliphatic carbocycles. The number of hydrogen-bond donors (Lipinski definition) is 3. The van der Waals surface area contributed by atoms with Crippen LogP contribution in [-0.4, -0.2) is 17.6 Å². The van der Waals surface area contributed by atoms with E-state index in [4.69, 9.17) is 15.4 Å². The van der Waals surface area contributed by atoms with E-state index in [0.717, 1.165) is 17.1 Å². The topological polar surface area (TPSA) is 83.8 Å². The van der Waals surface area contributed by atoms with Crippen LogP contribution in [0.4, 0.5) is 0 Å². The first kappa shape index (κ1) is 14.1. The predicted octanol–water partition coefficient (Wildman–Crippen LogP) is 2.21. The average molecular weight is 273 g/mol. The number of oxime groups is 1. The highest BCUT2D eigenvalue weighted by molar-refractivity contribution is 5.87. The molecule has 0 saturated carbocycles. The van der Waals surface area contributed by atoms with Gasteiger partial charge in [-0.05, 0) is 24.6 Å². The molecule has 0 spiro atoms. The Morgan fingerprint density at radius 1 is 1.30 bits per heavy atom. The van der Waals surface area contributed by atoms with Crippen molar-refractivity contribution in [1.29, 1.82) is 0 Å². The number of benzene rings is 1. The van der Waals surface area contributed by atoms with Crippen LogP contribution in [0, 0.1) is 6.92 Å². The number of rotatable bonds is 6. The van der Waals surface area contributed by atoms with Crippen LogP contribution >= 0.6 is 0 Å². The molecule has 0 aliphatic heterocycles. The molecule has 1 atom stereocenters. The fourth-order valence-corrected chi connectivity index (χ4v) is 2.07. The Bertz CT molecular complexity index is 564. The molecular formula is C15H19N3O2. The molecule has 2 aromatic rings. The molecule has 5 nitrogen and oxygen atoms in total. The lowest BCUT2D eigenvalue weighted by molar-refractivity contribution is 0.315. The molecule has 0 aliphatic rings. The molecule has 1 heterocycles.